The molecular weight excluding hydrogens is 330 g/mol. The molecule has 2 atom stereocenters. The van der Waals surface area contributed by atoms with Gasteiger partial charge in [0.2, 0.25) is 0 Å². The van der Waals surface area contributed by atoms with Crippen molar-refractivity contribution in [2.75, 3.05) is 13.1 Å². The highest BCUT2D eigenvalue weighted by Crippen LogP contribution is 2.49. The van der Waals surface area contributed by atoms with Crippen LogP contribution >= 0.6 is 27.3 Å². The minimum absolute atomic E-state index is 0.0364. The van der Waals surface area contributed by atoms with Gasteiger partial charge in [0, 0.05) is 13.1 Å². The molecule has 1 N–H and O–H groups in total. The number of rotatable bonds is 2. The van der Waals surface area contributed by atoms with Crippen LogP contribution in [0.3, 0.4) is 0 Å². The van der Waals surface area contributed by atoms with Crippen molar-refractivity contribution in [2.45, 2.75) is 19.3 Å². The van der Waals surface area contributed by atoms with Gasteiger partial charge < -0.3 is 10.0 Å². The maximum Gasteiger partial charge on any atom is 0.311 e. The van der Waals surface area contributed by atoms with E-state index in [1.165, 1.54) is 11.3 Å². The van der Waals surface area contributed by atoms with E-state index in [0.717, 1.165) is 16.6 Å². The van der Waals surface area contributed by atoms with E-state index in [0.29, 0.717) is 24.4 Å². The van der Waals surface area contributed by atoms with Crippen molar-refractivity contribution in [3.63, 3.8) is 0 Å². The lowest BCUT2D eigenvalue weighted by molar-refractivity contribution is -0.149. The van der Waals surface area contributed by atoms with E-state index in [1.54, 1.807) is 11.0 Å². The normalized spacial score (nSPS) is 29.5. The van der Waals surface area contributed by atoms with Crippen molar-refractivity contribution in [3.8, 4) is 0 Å². The molecule has 2 aliphatic rings. The van der Waals surface area contributed by atoms with Gasteiger partial charge in [-0.1, -0.05) is 6.42 Å². The summed E-state index contributed by atoms with van der Waals surface area (Å²) in [5.41, 5.74) is -0.690. The average molecular weight is 344 g/mol. The molecule has 0 unspecified atom stereocenters. The predicted octanol–water partition coefficient (Wildman–Crippen LogP) is 2.84. The molecule has 1 aliphatic carbocycles. The summed E-state index contributed by atoms with van der Waals surface area (Å²) in [6, 6.07) is 3.64. The number of halogens is 1. The Hall–Kier alpha value is -0.880. The summed E-state index contributed by atoms with van der Waals surface area (Å²) >= 11 is 4.74. The van der Waals surface area contributed by atoms with Crippen LogP contribution in [0, 0.1) is 11.3 Å². The fourth-order valence-electron chi connectivity index (χ4n) is 3.38. The van der Waals surface area contributed by atoms with Crippen LogP contribution in [0.1, 0.15) is 28.9 Å². The molecule has 0 bridgehead atoms. The number of likely N-dealkylation sites (tertiary alicyclic amines) is 1. The second-order valence-electron chi connectivity index (χ2n) is 5.34. The quantitative estimate of drug-likeness (QED) is 0.898. The smallest absolute Gasteiger partial charge is 0.311 e. The number of carboxylic acid groups (broad SMARTS) is 1. The van der Waals surface area contributed by atoms with E-state index in [2.05, 4.69) is 15.9 Å². The molecule has 1 aliphatic heterocycles. The number of carboxylic acids is 1. The van der Waals surface area contributed by atoms with E-state index in [9.17, 15) is 14.7 Å². The third-order valence-electron chi connectivity index (χ3n) is 4.37. The lowest BCUT2D eigenvalue weighted by atomic mass is 9.81. The maximum atomic E-state index is 12.4. The van der Waals surface area contributed by atoms with Crippen LogP contribution in [-0.2, 0) is 4.79 Å². The van der Waals surface area contributed by atoms with Crippen LogP contribution in [0.25, 0.3) is 0 Å². The molecule has 4 nitrogen and oxygen atoms in total. The first-order valence-corrected chi connectivity index (χ1v) is 7.92. The van der Waals surface area contributed by atoms with E-state index < -0.39 is 11.4 Å². The Morgan fingerprint density at radius 3 is 2.84 bits per heavy atom. The Morgan fingerprint density at radius 2 is 2.26 bits per heavy atom. The van der Waals surface area contributed by atoms with Crippen LogP contribution in [0.2, 0.25) is 0 Å². The molecule has 3 rings (SSSR count). The number of amides is 1. The van der Waals surface area contributed by atoms with E-state index in [4.69, 9.17) is 0 Å². The van der Waals surface area contributed by atoms with Crippen LogP contribution < -0.4 is 0 Å². The fourth-order valence-corrected chi connectivity index (χ4v) is 4.73. The van der Waals surface area contributed by atoms with Gasteiger partial charge in [0.15, 0.2) is 0 Å². The standard InChI is InChI=1S/C13H14BrNO3S/c14-10-4-3-9(19-10)11(16)15-6-8-2-1-5-13(8,7-15)12(17)18/h3-4,8H,1-2,5-7H2,(H,17,18)/t8-,13+/m0/s1. The van der Waals surface area contributed by atoms with E-state index in [1.807, 2.05) is 6.07 Å². The van der Waals surface area contributed by atoms with Gasteiger partial charge in [-0.2, -0.15) is 0 Å². The van der Waals surface area contributed by atoms with Gasteiger partial charge in [-0.3, -0.25) is 9.59 Å². The number of hydrogen-bond donors (Lipinski definition) is 1. The lowest BCUT2D eigenvalue weighted by Crippen LogP contribution is -2.37. The van der Waals surface area contributed by atoms with Gasteiger partial charge in [-0.15, -0.1) is 11.3 Å². The molecule has 1 amide bonds. The van der Waals surface area contributed by atoms with Crippen LogP contribution in [-0.4, -0.2) is 35.0 Å². The van der Waals surface area contributed by atoms with E-state index in [-0.39, 0.29) is 11.8 Å². The second-order valence-corrected chi connectivity index (χ2v) is 7.80. The Kier molecular flexibility index (Phi) is 3.17. The molecular formula is C13H14BrNO3S. The summed E-state index contributed by atoms with van der Waals surface area (Å²) in [5.74, 6) is -0.652. The van der Waals surface area contributed by atoms with Crippen molar-refractivity contribution in [1.82, 2.24) is 4.90 Å². The van der Waals surface area contributed by atoms with Gasteiger partial charge in [0.25, 0.3) is 5.91 Å². The maximum absolute atomic E-state index is 12.4. The highest BCUT2D eigenvalue weighted by Gasteiger charge is 2.55. The van der Waals surface area contributed by atoms with Crippen LogP contribution in [0.4, 0.5) is 0 Å². The molecule has 1 aromatic heterocycles. The minimum Gasteiger partial charge on any atom is -0.481 e. The SMILES string of the molecule is O=C(c1ccc(Br)s1)N1C[C@@H]2CCC[C@@]2(C(=O)O)C1. The van der Waals surface area contributed by atoms with Gasteiger partial charge in [-0.25, -0.2) is 0 Å². The van der Waals surface area contributed by atoms with Gasteiger partial charge in [0.1, 0.15) is 0 Å². The summed E-state index contributed by atoms with van der Waals surface area (Å²) in [7, 11) is 0. The zero-order valence-electron chi connectivity index (χ0n) is 10.3. The number of aliphatic carboxylic acids is 1. The van der Waals surface area contributed by atoms with Crippen molar-refractivity contribution >= 4 is 39.1 Å². The molecule has 102 valence electrons. The number of fused-ring (bicyclic) bond motifs is 1. The van der Waals surface area contributed by atoms with Crippen molar-refractivity contribution < 1.29 is 14.7 Å². The Balaban J connectivity index is 1.82. The number of hydrogen-bond acceptors (Lipinski definition) is 3. The third-order valence-corrected chi connectivity index (χ3v) is 5.98. The monoisotopic (exact) mass is 343 g/mol. The number of nitrogens with zero attached hydrogens (tertiary/aromatic N) is 1. The molecule has 0 spiro atoms. The molecule has 6 heteroatoms. The Morgan fingerprint density at radius 1 is 1.47 bits per heavy atom. The second kappa shape index (κ2) is 4.59. The number of carbonyl (C=O) groups excluding carboxylic acids is 1. The van der Waals surface area contributed by atoms with Crippen LogP contribution in [0.15, 0.2) is 15.9 Å². The number of carbonyl (C=O) groups is 2. The van der Waals surface area contributed by atoms with Gasteiger partial charge >= 0.3 is 5.97 Å². The van der Waals surface area contributed by atoms with Crippen molar-refractivity contribution in [2.24, 2.45) is 11.3 Å². The Bertz CT molecular complexity index is 544. The van der Waals surface area contributed by atoms with E-state index >= 15 is 0 Å². The molecule has 19 heavy (non-hydrogen) atoms. The summed E-state index contributed by atoms with van der Waals surface area (Å²) in [5, 5.41) is 9.51. The average Bonchev–Trinajstić information content (AvgIpc) is 3.00. The third kappa shape index (κ3) is 2.01. The zero-order chi connectivity index (χ0) is 13.6. The molecule has 1 saturated carbocycles. The number of thiophene rings is 1. The molecule has 0 radical (unpaired) electrons. The van der Waals surface area contributed by atoms with Crippen LogP contribution in [0.5, 0.6) is 0 Å². The predicted molar refractivity (Wildman–Crippen MR) is 75.3 cm³/mol. The largest absolute Gasteiger partial charge is 0.481 e. The minimum atomic E-state index is -0.738. The highest BCUT2D eigenvalue weighted by molar-refractivity contribution is 9.11. The topological polar surface area (TPSA) is 57.6 Å². The van der Waals surface area contributed by atoms with Crippen molar-refractivity contribution in [1.29, 1.82) is 0 Å². The summed E-state index contributed by atoms with van der Waals surface area (Å²) in [4.78, 5) is 26.3. The first-order valence-electron chi connectivity index (χ1n) is 6.31. The summed E-state index contributed by atoms with van der Waals surface area (Å²) in [6.45, 7) is 0.946. The highest BCUT2D eigenvalue weighted by atomic mass is 79.9. The summed E-state index contributed by atoms with van der Waals surface area (Å²) < 4.78 is 0.920. The molecule has 2 heterocycles. The van der Waals surface area contributed by atoms with Gasteiger partial charge in [-0.05, 0) is 46.8 Å². The molecule has 0 aromatic carbocycles. The fraction of sp³-hybridized carbons (Fsp3) is 0.538. The first-order chi connectivity index (χ1) is 9.03. The lowest BCUT2D eigenvalue weighted by Gasteiger charge is -2.23. The summed E-state index contributed by atoms with van der Waals surface area (Å²) in [6.07, 6.45) is 2.58. The Labute approximate surface area is 123 Å². The van der Waals surface area contributed by atoms with Gasteiger partial charge in [0.05, 0.1) is 14.1 Å². The molecule has 2 fully saturated rings. The first kappa shape index (κ1) is 13.1. The zero-order valence-corrected chi connectivity index (χ0v) is 12.7. The molecule has 1 aromatic rings. The molecule has 1 saturated heterocycles. The van der Waals surface area contributed by atoms with Crippen molar-refractivity contribution in [3.05, 3.63) is 20.8 Å².